The number of aliphatic hydroxyl groups is 1. The number of anilines is 1. The van der Waals surface area contributed by atoms with Crippen LogP contribution in [0, 0.1) is 11.8 Å². The second kappa shape index (κ2) is 9.91. The molecular weight excluding hydrogens is 403 g/mol. The Balaban J connectivity index is 2.37. The summed E-state index contributed by atoms with van der Waals surface area (Å²) in [6.07, 6.45) is -3.28. The number of hydrogen-bond acceptors (Lipinski definition) is 3. The van der Waals surface area contributed by atoms with E-state index in [0.29, 0.717) is 12.2 Å². The lowest BCUT2D eigenvalue weighted by Crippen LogP contribution is -2.41. The molecule has 1 atom stereocenters. The van der Waals surface area contributed by atoms with Crippen LogP contribution in [0.5, 0.6) is 5.75 Å². The third kappa shape index (κ3) is 5.81. The fourth-order valence-electron chi connectivity index (χ4n) is 2.66. The Morgan fingerprint density at radius 3 is 2.41 bits per heavy atom. The first-order chi connectivity index (χ1) is 13.7. The molecule has 2 rings (SSSR count). The smallest absolute Gasteiger partial charge is 0.433 e. The summed E-state index contributed by atoms with van der Waals surface area (Å²) in [6, 6.07) is 11.1. The summed E-state index contributed by atoms with van der Waals surface area (Å²) < 4.78 is 46.6. The molecular formula is C22H23ClF3NO2. The Kier molecular flexibility index (Phi) is 7.83. The van der Waals surface area contributed by atoms with Gasteiger partial charge in [-0.3, -0.25) is 0 Å². The zero-order valence-electron chi connectivity index (χ0n) is 16.2. The molecule has 0 saturated heterocycles. The highest BCUT2D eigenvalue weighted by atomic mass is 35.5. The number of hydrogen-bond donors (Lipinski definition) is 2. The highest BCUT2D eigenvalue weighted by Crippen LogP contribution is 2.42. The lowest BCUT2D eigenvalue weighted by atomic mass is 9.91. The number of halogens is 4. The Morgan fingerprint density at radius 2 is 1.83 bits per heavy atom. The fraction of sp³-hybridized carbons (Fsp3) is 0.364. The van der Waals surface area contributed by atoms with Crippen LogP contribution in [0.3, 0.4) is 0 Å². The van der Waals surface area contributed by atoms with Crippen LogP contribution >= 0.6 is 11.6 Å². The maximum Gasteiger partial charge on any atom is 0.433 e. The predicted octanol–water partition coefficient (Wildman–Crippen LogP) is 5.90. The number of methoxy groups -OCH3 is 1. The molecule has 0 fully saturated rings. The number of ether oxygens (including phenoxy) is 1. The van der Waals surface area contributed by atoms with E-state index in [9.17, 15) is 18.3 Å². The zero-order valence-corrected chi connectivity index (χ0v) is 17.0. The van der Waals surface area contributed by atoms with E-state index >= 15 is 0 Å². The van der Waals surface area contributed by atoms with Gasteiger partial charge in [0.15, 0.2) is 0 Å². The second-order valence-electron chi connectivity index (χ2n) is 6.51. The Bertz CT molecular complexity index is 872. The maximum absolute atomic E-state index is 13.8. The van der Waals surface area contributed by atoms with Crippen LogP contribution in [-0.4, -0.2) is 18.4 Å². The minimum Gasteiger partial charge on any atom is -0.497 e. The van der Waals surface area contributed by atoms with Crippen molar-refractivity contribution >= 4 is 17.3 Å². The van der Waals surface area contributed by atoms with Gasteiger partial charge in [0.2, 0.25) is 5.60 Å². The van der Waals surface area contributed by atoms with Gasteiger partial charge < -0.3 is 15.2 Å². The molecule has 0 aromatic heterocycles. The van der Waals surface area contributed by atoms with E-state index in [1.54, 1.807) is 31.4 Å². The second-order valence-corrected chi connectivity index (χ2v) is 6.94. The van der Waals surface area contributed by atoms with Gasteiger partial charge in [0.25, 0.3) is 0 Å². The third-order valence-electron chi connectivity index (χ3n) is 4.35. The number of rotatable bonds is 7. The molecule has 2 aromatic rings. The van der Waals surface area contributed by atoms with E-state index in [-0.39, 0.29) is 23.7 Å². The molecule has 3 nitrogen and oxygen atoms in total. The molecule has 0 heterocycles. The van der Waals surface area contributed by atoms with Crippen molar-refractivity contribution in [2.75, 3.05) is 12.4 Å². The van der Waals surface area contributed by atoms with Crippen molar-refractivity contribution in [3.63, 3.8) is 0 Å². The highest BCUT2D eigenvalue weighted by molar-refractivity contribution is 6.30. The average molecular weight is 426 g/mol. The summed E-state index contributed by atoms with van der Waals surface area (Å²) in [5.74, 6) is 5.17. The van der Waals surface area contributed by atoms with Gasteiger partial charge in [-0.1, -0.05) is 48.9 Å². The molecule has 0 radical (unpaired) electrons. The van der Waals surface area contributed by atoms with E-state index < -0.39 is 17.3 Å². The van der Waals surface area contributed by atoms with Crippen molar-refractivity contribution in [1.82, 2.24) is 0 Å². The summed E-state index contributed by atoms with van der Waals surface area (Å²) in [4.78, 5) is 0. The van der Waals surface area contributed by atoms with Gasteiger partial charge in [0.05, 0.1) is 7.11 Å². The normalized spacial score (nSPS) is 13.2. The topological polar surface area (TPSA) is 41.5 Å². The molecule has 0 amide bonds. The van der Waals surface area contributed by atoms with Crippen LogP contribution in [0.1, 0.15) is 37.3 Å². The molecule has 0 aliphatic heterocycles. The quantitative estimate of drug-likeness (QED) is 0.428. The van der Waals surface area contributed by atoms with Crippen molar-refractivity contribution < 1.29 is 23.0 Å². The van der Waals surface area contributed by atoms with Crippen molar-refractivity contribution in [1.29, 1.82) is 0 Å². The standard InChI is InChI=1S/C22H23ClF3NO2/c1-3-4-5-6-13-21(28,22(24,25)26)19-14-17(23)9-12-20(19)27-15-16-7-10-18(29-2)11-8-16/h7-12,14,27-28H,3-5,15H2,1-2H3/t21-/m0/s1. The van der Waals surface area contributed by atoms with Gasteiger partial charge in [-0.25, -0.2) is 0 Å². The van der Waals surface area contributed by atoms with E-state index in [2.05, 4.69) is 11.2 Å². The molecule has 156 valence electrons. The predicted molar refractivity (Wildman–Crippen MR) is 109 cm³/mol. The Hall–Kier alpha value is -2.36. The average Bonchev–Trinajstić information content (AvgIpc) is 2.69. The van der Waals surface area contributed by atoms with Crippen molar-refractivity contribution in [3.05, 3.63) is 58.6 Å². The van der Waals surface area contributed by atoms with Gasteiger partial charge in [-0.15, -0.1) is 0 Å². The molecule has 0 aliphatic rings. The van der Waals surface area contributed by atoms with Crippen LogP contribution in [0.15, 0.2) is 42.5 Å². The number of nitrogens with one attached hydrogen (secondary N) is 1. The van der Waals surface area contributed by atoms with Gasteiger partial charge >= 0.3 is 6.18 Å². The summed E-state index contributed by atoms with van der Waals surface area (Å²) in [6.45, 7) is 2.16. The Morgan fingerprint density at radius 1 is 1.14 bits per heavy atom. The molecule has 0 spiro atoms. The maximum atomic E-state index is 13.8. The van der Waals surface area contributed by atoms with Gasteiger partial charge in [-0.05, 0) is 42.3 Å². The summed E-state index contributed by atoms with van der Waals surface area (Å²) >= 11 is 5.94. The first-order valence-corrected chi connectivity index (χ1v) is 9.55. The lowest BCUT2D eigenvalue weighted by Gasteiger charge is -2.28. The minimum absolute atomic E-state index is 0.0769. The van der Waals surface area contributed by atoms with Crippen LogP contribution < -0.4 is 10.1 Å². The minimum atomic E-state index is -4.99. The first kappa shape index (κ1) is 22.9. The lowest BCUT2D eigenvalue weighted by molar-refractivity contribution is -0.240. The molecule has 0 saturated carbocycles. The van der Waals surface area contributed by atoms with E-state index in [1.165, 1.54) is 12.1 Å². The molecule has 0 unspecified atom stereocenters. The first-order valence-electron chi connectivity index (χ1n) is 9.17. The van der Waals surface area contributed by atoms with Crippen LogP contribution in [0.2, 0.25) is 5.02 Å². The van der Waals surface area contributed by atoms with E-state index in [0.717, 1.165) is 18.1 Å². The van der Waals surface area contributed by atoms with E-state index in [4.69, 9.17) is 16.3 Å². The highest BCUT2D eigenvalue weighted by Gasteiger charge is 2.55. The molecule has 2 aromatic carbocycles. The molecule has 0 bridgehead atoms. The third-order valence-corrected chi connectivity index (χ3v) is 4.58. The van der Waals surface area contributed by atoms with Crippen molar-refractivity contribution in [2.24, 2.45) is 0 Å². The SMILES string of the molecule is CCCCC#C[C@](O)(c1cc(Cl)ccc1NCc1ccc(OC)cc1)C(F)(F)F. The van der Waals surface area contributed by atoms with Gasteiger partial charge in [0.1, 0.15) is 5.75 Å². The number of benzene rings is 2. The molecule has 0 aliphatic carbocycles. The zero-order chi connectivity index (χ0) is 21.5. The molecule has 7 heteroatoms. The largest absolute Gasteiger partial charge is 0.497 e. The van der Waals surface area contributed by atoms with Crippen molar-refractivity contribution in [3.8, 4) is 17.6 Å². The summed E-state index contributed by atoms with van der Waals surface area (Å²) in [7, 11) is 1.55. The van der Waals surface area contributed by atoms with Crippen molar-refractivity contribution in [2.45, 2.75) is 44.5 Å². The van der Waals surface area contributed by atoms with Crippen LogP contribution in [0.4, 0.5) is 18.9 Å². The number of unbranched alkanes of at least 4 members (excludes halogenated alkanes) is 2. The fourth-order valence-corrected chi connectivity index (χ4v) is 2.83. The summed E-state index contributed by atoms with van der Waals surface area (Å²) in [5.41, 5.74) is -2.81. The molecule has 2 N–H and O–H groups in total. The summed E-state index contributed by atoms with van der Waals surface area (Å²) in [5, 5.41) is 13.6. The van der Waals surface area contributed by atoms with Crippen LogP contribution in [-0.2, 0) is 12.1 Å². The van der Waals surface area contributed by atoms with E-state index in [1.807, 2.05) is 12.8 Å². The van der Waals surface area contributed by atoms with Gasteiger partial charge in [-0.2, -0.15) is 13.2 Å². The monoisotopic (exact) mass is 425 g/mol. The van der Waals surface area contributed by atoms with Crippen LogP contribution in [0.25, 0.3) is 0 Å². The Labute approximate surface area is 173 Å². The number of alkyl halides is 3. The molecule has 29 heavy (non-hydrogen) atoms. The van der Waals surface area contributed by atoms with Gasteiger partial charge in [0, 0.05) is 29.2 Å².